The molecular weight excluding hydrogens is 344 g/mol. The summed E-state index contributed by atoms with van der Waals surface area (Å²) >= 11 is 0. The summed E-state index contributed by atoms with van der Waals surface area (Å²) in [7, 11) is 1.63. The number of carbonyl (C=O) groups is 1. The first-order valence-electron chi connectivity index (χ1n) is 9.12. The number of hydrogen-bond donors (Lipinski definition) is 2. The van der Waals surface area contributed by atoms with Crippen LogP contribution in [0, 0.1) is 0 Å². The van der Waals surface area contributed by atoms with Crippen LogP contribution in [0.1, 0.15) is 36.2 Å². The molecule has 7 nitrogen and oxygen atoms in total. The average molecular weight is 366 g/mol. The van der Waals surface area contributed by atoms with Crippen LogP contribution in [0.15, 0.2) is 42.7 Å². The average Bonchev–Trinajstić information content (AvgIpc) is 3.13. The summed E-state index contributed by atoms with van der Waals surface area (Å²) in [6, 6.07) is 9.91. The van der Waals surface area contributed by atoms with Gasteiger partial charge in [-0.1, -0.05) is 0 Å². The van der Waals surface area contributed by atoms with E-state index in [-0.39, 0.29) is 18.1 Å². The van der Waals surface area contributed by atoms with Gasteiger partial charge < -0.3 is 19.8 Å². The Morgan fingerprint density at radius 2 is 1.93 bits per heavy atom. The topological polar surface area (TPSA) is 89.1 Å². The third-order valence-electron chi connectivity index (χ3n) is 4.90. The highest BCUT2D eigenvalue weighted by molar-refractivity contribution is 5.98. The van der Waals surface area contributed by atoms with Crippen molar-refractivity contribution in [3.63, 3.8) is 0 Å². The zero-order chi connectivity index (χ0) is 18.6. The van der Waals surface area contributed by atoms with Gasteiger partial charge in [-0.05, 0) is 49.9 Å². The number of nitrogens with one attached hydrogen (secondary N) is 2. The van der Waals surface area contributed by atoms with Crippen LogP contribution in [0.2, 0.25) is 0 Å². The van der Waals surface area contributed by atoms with Crippen LogP contribution in [0.25, 0.3) is 10.9 Å². The summed E-state index contributed by atoms with van der Waals surface area (Å²) in [4.78, 5) is 23.9. The lowest BCUT2D eigenvalue weighted by Gasteiger charge is -2.28. The molecule has 1 aliphatic rings. The van der Waals surface area contributed by atoms with Crippen molar-refractivity contribution in [3.8, 4) is 11.8 Å². The molecule has 1 aliphatic carbocycles. The van der Waals surface area contributed by atoms with Crippen molar-refractivity contribution in [1.29, 1.82) is 0 Å². The van der Waals surface area contributed by atoms with E-state index in [0.717, 1.165) is 42.3 Å². The molecule has 2 aromatic heterocycles. The third kappa shape index (κ3) is 4.02. The predicted octanol–water partition coefficient (Wildman–Crippen LogP) is 3.09. The molecule has 2 N–H and O–H groups in total. The third-order valence-corrected chi connectivity index (χ3v) is 4.90. The SMILES string of the molecule is COc1ccc2cc(C(=O)NC3CCC(Oc4ncccn4)CC3)[nH]c2c1. The van der Waals surface area contributed by atoms with Crippen LogP contribution in [-0.2, 0) is 0 Å². The molecule has 1 fully saturated rings. The van der Waals surface area contributed by atoms with Gasteiger partial charge in [-0.15, -0.1) is 0 Å². The van der Waals surface area contributed by atoms with E-state index in [1.807, 2.05) is 24.3 Å². The highest BCUT2D eigenvalue weighted by Crippen LogP contribution is 2.24. The number of hydrogen-bond acceptors (Lipinski definition) is 5. The maximum Gasteiger partial charge on any atom is 0.316 e. The van der Waals surface area contributed by atoms with Gasteiger partial charge in [-0.3, -0.25) is 4.79 Å². The number of H-pyrrole nitrogens is 1. The van der Waals surface area contributed by atoms with Crippen molar-refractivity contribution < 1.29 is 14.3 Å². The number of nitrogens with zero attached hydrogens (tertiary/aromatic N) is 2. The number of fused-ring (bicyclic) bond motifs is 1. The molecule has 0 bridgehead atoms. The highest BCUT2D eigenvalue weighted by Gasteiger charge is 2.25. The van der Waals surface area contributed by atoms with Gasteiger partial charge >= 0.3 is 6.01 Å². The van der Waals surface area contributed by atoms with E-state index in [0.29, 0.717) is 11.7 Å². The monoisotopic (exact) mass is 366 g/mol. The molecule has 3 aromatic rings. The second kappa shape index (κ2) is 7.65. The predicted molar refractivity (Wildman–Crippen MR) is 101 cm³/mol. The molecule has 0 saturated heterocycles. The minimum absolute atomic E-state index is 0.0825. The smallest absolute Gasteiger partial charge is 0.316 e. The van der Waals surface area contributed by atoms with Gasteiger partial charge in [-0.2, -0.15) is 0 Å². The van der Waals surface area contributed by atoms with Crippen LogP contribution in [0.4, 0.5) is 0 Å². The number of benzene rings is 1. The van der Waals surface area contributed by atoms with Crippen LogP contribution < -0.4 is 14.8 Å². The molecule has 0 atom stereocenters. The Kier molecular flexibility index (Phi) is 4.91. The minimum Gasteiger partial charge on any atom is -0.497 e. The fraction of sp³-hybridized carbons (Fsp3) is 0.350. The Morgan fingerprint density at radius 1 is 1.15 bits per heavy atom. The first-order chi connectivity index (χ1) is 13.2. The van der Waals surface area contributed by atoms with Crippen molar-refractivity contribution in [2.75, 3.05) is 7.11 Å². The number of aromatic amines is 1. The van der Waals surface area contributed by atoms with Crippen molar-refractivity contribution in [2.24, 2.45) is 0 Å². The lowest BCUT2D eigenvalue weighted by molar-refractivity contribution is 0.0881. The van der Waals surface area contributed by atoms with Crippen molar-refractivity contribution in [2.45, 2.75) is 37.8 Å². The first kappa shape index (κ1) is 17.3. The van der Waals surface area contributed by atoms with Gasteiger partial charge in [0.25, 0.3) is 5.91 Å². The maximum absolute atomic E-state index is 12.6. The molecule has 0 unspecified atom stereocenters. The highest BCUT2D eigenvalue weighted by atomic mass is 16.5. The second-order valence-corrected chi connectivity index (χ2v) is 6.73. The molecular formula is C20H22N4O3. The molecule has 7 heteroatoms. The molecule has 4 rings (SSSR count). The summed E-state index contributed by atoms with van der Waals surface area (Å²) in [6.45, 7) is 0. The Bertz CT molecular complexity index is 917. The standard InChI is InChI=1S/C20H22N4O3/c1-26-16-6-3-13-11-18(24-17(13)12-16)19(25)23-14-4-7-15(8-5-14)27-20-21-9-2-10-22-20/h2-3,6,9-12,14-15,24H,4-5,7-8H2,1H3,(H,23,25). The molecule has 1 aromatic carbocycles. The largest absolute Gasteiger partial charge is 0.497 e. The van der Waals surface area contributed by atoms with E-state index in [2.05, 4.69) is 20.3 Å². The Balaban J connectivity index is 1.33. The fourth-order valence-electron chi connectivity index (χ4n) is 3.44. The number of rotatable bonds is 5. The van der Waals surface area contributed by atoms with Gasteiger partial charge in [0.15, 0.2) is 0 Å². The van der Waals surface area contributed by atoms with Crippen LogP contribution in [0.3, 0.4) is 0 Å². The molecule has 0 aliphatic heterocycles. The van der Waals surface area contributed by atoms with Crippen molar-refractivity contribution in [1.82, 2.24) is 20.3 Å². The molecule has 1 amide bonds. The fourth-order valence-corrected chi connectivity index (χ4v) is 3.44. The maximum atomic E-state index is 12.6. The summed E-state index contributed by atoms with van der Waals surface area (Å²) in [5.74, 6) is 0.679. The zero-order valence-corrected chi connectivity index (χ0v) is 15.1. The normalized spacial score (nSPS) is 19.6. The summed E-state index contributed by atoms with van der Waals surface area (Å²) in [5.41, 5.74) is 1.45. The second-order valence-electron chi connectivity index (χ2n) is 6.73. The molecule has 2 heterocycles. The molecule has 0 radical (unpaired) electrons. The van der Waals surface area contributed by atoms with E-state index >= 15 is 0 Å². The molecule has 0 spiro atoms. The number of amides is 1. The lowest BCUT2D eigenvalue weighted by atomic mass is 9.93. The minimum atomic E-state index is -0.0825. The Labute approximate surface area is 157 Å². The Morgan fingerprint density at radius 3 is 2.67 bits per heavy atom. The molecule has 27 heavy (non-hydrogen) atoms. The Hall–Kier alpha value is -3.09. The van der Waals surface area contributed by atoms with E-state index < -0.39 is 0 Å². The molecule has 140 valence electrons. The van der Waals surface area contributed by atoms with Gasteiger partial charge in [0, 0.05) is 35.4 Å². The van der Waals surface area contributed by atoms with Crippen LogP contribution in [0.5, 0.6) is 11.8 Å². The summed E-state index contributed by atoms with van der Waals surface area (Å²) in [6.07, 6.45) is 6.92. The van der Waals surface area contributed by atoms with Crippen LogP contribution >= 0.6 is 0 Å². The van der Waals surface area contributed by atoms with E-state index in [9.17, 15) is 4.79 Å². The van der Waals surface area contributed by atoms with E-state index in [1.165, 1.54) is 0 Å². The quantitative estimate of drug-likeness (QED) is 0.724. The first-order valence-corrected chi connectivity index (χ1v) is 9.12. The summed E-state index contributed by atoms with van der Waals surface area (Å²) < 4.78 is 11.0. The number of methoxy groups -OCH3 is 1. The van der Waals surface area contributed by atoms with Crippen molar-refractivity contribution in [3.05, 3.63) is 48.4 Å². The van der Waals surface area contributed by atoms with Gasteiger partial charge in [0.2, 0.25) is 0 Å². The van der Waals surface area contributed by atoms with Gasteiger partial charge in [0.05, 0.1) is 7.11 Å². The van der Waals surface area contributed by atoms with Gasteiger partial charge in [0.1, 0.15) is 17.5 Å². The van der Waals surface area contributed by atoms with Crippen molar-refractivity contribution >= 4 is 16.8 Å². The molecule has 1 saturated carbocycles. The van der Waals surface area contributed by atoms with E-state index in [4.69, 9.17) is 9.47 Å². The number of aromatic nitrogens is 3. The van der Waals surface area contributed by atoms with E-state index in [1.54, 1.807) is 25.6 Å². The van der Waals surface area contributed by atoms with Gasteiger partial charge in [-0.25, -0.2) is 9.97 Å². The number of ether oxygens (including phenoxy) is 2. The lowest BCUT2D eigenvalue weighted by Crippen LogP contribution is -2.39. The van der Waals surface area contributed by atoms with Crippen LogP contribution in [-0.4, -0.2) is 40.1 Å². The summed E-state index contributed by atoms with van der Waals surface area (Å²) in [5, 5.41) is 4.11. The zero-order valence-electron chi connectivity index (χ0n) is 15.1. The number of carbonyl (C=O) groups excluding carboxylic acids is 1.